The molecule has 0 aliphatic rings. The fraction of sp³-hybridized carbons (Fsp3) is 0.263. The lowest BCUT2D eigenvalue weighted by molar-refractivity contribution is -0.120. The van der Waals surface area contributed by atoms with Gasteiger partial charge in [0.1, 0.15) is 0 Å². The number of nitrogens with two attached hydrogens (primary N) is 1. The first kappa shape index (κ1) is 22.4. The molecule has 5 nitrogen and oxygen atoms in total. The molecule has 0 heterocycles. The number of hydrogen-bond acceptors (Lipinski definition) is 5. The quantitative estimate of drug-likeness (QED) is 0.655. The number of benzene rings is 2. The van der Waals surface area contributed by atoms with Crippen LogP contribution in [0, 0.1) is 11.3 Å². The lowest BCUT2D eigenvalue weighted by atomic mass is 10.0. The molecule has 0 bridgehead atoms. The molecule has 0 radical (unpaired) electrons. The minimum absolute atomic E-state index is 0.125. The molecule has 0 saturated heterocycles. The topological polar surface area (TPSA) is 79.3 Å². The van der Waals surface area contributed by atoms with Gasteiger partial charge in [0.25, 0.3) is 6.47 Å². The van der Waals surface area contributed by atoms with Crippen molar-refractivity contribution in [3.8, 4) is 22.9 Å². The van der Waals surface area contributed by atoms with Gasteiger partial charge >= 0.3 is 0 Å². The number of ether oxygens (including phenoxy) is 1. The van der Waals surface area contributed by atoms with Gasteiger partial charge < -0.3 is 15.4 Å². The zero-order valence-electron chi connectivity index (χ0n) is 15.0. The largest absolute Gasteiger partial charge is 0.427 e. The normalized spacial score (nSPS) is 8.68. The summed E-state index contributed by atoms with van der Waals surface area (Å²) < 4.78 is 4.96. The number of carbonyl (C=O) groups excluding carboxylic acids is 1. The second-order valence-electron chi connectivity index (χ2n) is 4.66. The fourth-order valence-corrected chi connectivity index (χ4v) is 1.97. The van der Waals surface area contributed by atoms with Gasteiger partial charge in [-0.25, -0.2) is 0 Å². The molecule has 0 atom stereocenters. The van der Waals surface area contributed by atoms with Gasteiger partial charge in [-0.15, -0.1) is 0 Å². The Hall–Kier alpha value is -2.55. The third-order valence-electron chi connectivity index (χ3n) is 2.88. The number of nitriles is 1. The maximum atomic E-state index is 10.5. The summed E-state index contributed by atoms with van der Waals surface area (Å²) in [6.45, 7) is 4.56. The monoisotopic (exact) mass is 361 g/mol. The van der Waals surface area contributed by atoms with Crippen molar-refractivity contribution in [3.63, 3.8) is 0 Å². The molecule has 2 N–H and O–H groups in total. The standard InChI is InChI=1S/C15H14ClNO2.C2H4N2.C2H6/c1-17(2)14-9-12(5-8-15(14)19-10-18)11-3-6-13(16)7-4-11;3-1-2-4;1-2/h3-10H,1-2H3;1,3H2;1-2H3. The van der Waals surface area contributed by atoms with Crippen LogP contribution in [0.3, 0.4) is 0 Å². The summed E-state index contributed by atoms with van der Waals surface area (Å²) in [7, 11) is 3.80. The molecule has 0 aromatic heterocycles. The highest BCUT2D eigenvalue weighted by Gasteiger charge is 2.08. The molecule has 0 saturated carbocycles. The Kier molecular flexibility index (Phi) is 11.5. The van der Waals surface area contributed by atoms with E-state index in [9.17, 15) is 4.79 Å². The van der Waals surface area contributed by atoms with Gasteiger partial charge in [-0.3, -0.25) is 4.79 Å². The Morgan fingerprint density at radius 2 is 1.68 bits per heavy atom. The minimum atomic E-state index is 0.125. The molecule has 0 fully saturated rings. The Morgan fingerprint density at radius 3 is 2.12 bits per heavy atom. The van der Waals surface area contributed by atoms with E-state index in [-0.39, 0.29) is 6.54 Å². The first-order valence-corrected chi connectivity index (χ1v) is 8.16. The van der Waals surface area contributed by atoms with Crippen molar-refractivity contribution < 1.29 is 9.53 Å². The summed E-state index contributed by atoms with van der Waals surface area (Å²) in [5.41, 5.74) is 7.61. The minimum Gasteiger partial charge on any atom is -0.427 e. The molecule has 0 amide bonds. The fourth-order valence-electron chi connectivity index (χ4n) is 1.84. The molecule has 6 heteroatoms. The third kappa shape index (κ3) is 7.71. The van der Waals surface area contributed by atoms with Crippen LogP contribution in [-0.2, 0) is 4.79 Å². The van der Waals surface area contributed by atoms with Crippen LogP contribution in [0.15, 0.2) is 42.5 Å². The molecule has 0 spiro atoms. The van der Waals surface area contributed by atoms with Crippen LogP contribution < -0.4 is 15.4 Å². The molecule has 25 heavy (non-hydrogen) atoms. The SMILES string of the molecule is CC.CN(C)c1cc(-c2ccc(Cl)cc2)ccc1OC=O.N#CCN. The van der Waals surface area contributed by atoms with Gasteiger partial charge in [0.15, 0.2) is 5.75 Å². The third-order valence-corrected chi connectivity index (χ3v) is 3.14. The summed E-state index contributed by atoms with van der Waals surface area (Å²) in [5, 5.41) is 8.21. The predicted molar refractivity (Wildman–Crippen MR) is 104 cm³/mol. The van der Waals surface area contributed by atoms with Crippen LogP contribution in [-0.4, -0.2) is 27.1 Å². The van der Waals surface area contributed by atoms with E-state index >= 15 is 0 Å². The number of nitrogens with zero attached hydrogens (tertiary/aromatic N) is 2. The maximum Gasteiger partial charge on any atom is 0.298 e. The first-order valence-electron chi connectivity index (χ1n) is 7.78. The van der Waals surface area contributed by atoms with Crippen molar-refractivity contribution in [1.82, 2.24) is 0 Å². The second kappa shape index (κ2) is 12.8. The molecule has 0 aliphatic carbocycles. The second-order valence-corrected chi connectivity index (χ2v) is 5.10. The van der Waals surface area contributed by atoms with Crippen LogP contribution in [0.5, 0.6) is 5.75 Å². The summed E-state index contributed by atoms with van der Waals surface area (Å²) in [4.78, 5) is 12.4. The van der Waals surface area contributed by atoms with Crippen molar-refractivity contribution in [2.24, 2.45) is 5.73 Å². The Bertz CT molecular complexity index is 680. The Labute approximate surface area is 154 Å². The average Bonchev–Trinajstić information content (AvgIpc) is 2.64. The van der Waals surface area contributed by atoms with E-state index in [0.717, 1.165) is 16.8 Å². The highest BCUT2D eigenvalue weighted by atomic mass is 35.5. The molecule has 134 valence electrons. The van der Waals surface area contributed by atoms with E-state index in [1.54, 1.807) is 12.1 Å². The van der Waals surface area contributed by atoms with Gasteiger partial charge in [0.2, 0.25) is 0 Å². The number of rotatable bonds is 4. The van der Waals surface area contributed by atoms with Gasteiger partial charge in [0, 0.05) is 19.1 Å². The zero-order valence-corrected chi connectivity index (χ0v) is 15.7. The van der Waals surface area contributed by atoms with Crippen LogP contribution >= 0.6 is 11.6 Å². The van der Waals surface area contributed by atoms with Gasteiger partial charge in [-0.1, -0.05) is 43.6 Å². The van der Waals surface area contributed by atoms with Crippen molar-refractivity contribution >= 4 is 23.8 Å². The number of hydrogen-bond donors (Lipinski definition) is 1. The Balaban J connectivity index is 0.000000845. The van der Waals surface area contributed by atoms with Crippen molar-refractivity contribution in [2.75, 3.05) is 25.5 Å². The highest BCUT2D eigenvalue weighted by molar-refractivity contribution is 6.30. The highest BCUT2D eigenvalue weighted by Crippen LogP contribution is 2.32. The van der Waals surface area contributed by atoms with E-state index in [1.165, 1.54) is 0 Å². The molecular weight excluding hydrogens is 338 g/mol. The summed E-state index contributed by atoms with van der Waals surface area (Å²) >= 11 is 5.88. The van der Waals surface area contributed by atoms with E-state index < -0.39 is 0 Å². The van der Waals surface area contributed by atoms with E-state index in [1.807, 2.05) is 69.2 Å². The van der Waals surface area contributed by atoms with Crippen molar-refractivity contribution in [3.05, 3.63) is 47.5 Å². The predicted octanol–water partition coefficient (Wildman–Crippen LogP) is 4.10. The molecule has 0 aliphatic heterocycles. The van der Waals surface area contributed by atoms with E-state index in [4.69, 9.17) is 21.6 Å². The van der Waals surface area contributed by atoms with Crippen LogP contribution in [0.2, 0.25) is 5.02 Å². The van der Waals surface area contributed by atoms with Gasteiger partial charge in [-0.05, 0) is 35.4 Å². The van der Waals surface area contributed by atoms with Crippen LogP contribution in [0.1, 0.15) is 13.8 Å². The summed E-state index contributed by atoms with van der Waals surface area (Å²) in [5.74, 6) is 0.540. The molecule has 2 aromatic carbocycles. The van der Waals surface area contributed by atoms with Gasteiger partial charge in [0.05, 0.1) is 18.3 Å². The lowest BCUT2D eigenvalue weighted by Crippen LogP contribution is -2.10. The molecule has 0 unspecified atom stereocenters. The van der Waals surface area contributed by atoms with Crippen LogP contribution in [0.25, 0.3) is 11.1 Å². The average molecular weight is 362 g/mol. The maximum absolute atomic E-state index is 10.5. The van der Waals surface area contributed by atoms with Crippen LogP contribution in [0.4, 0.5) is 5.69 Å². The number of halogens is 1. The number of carbonyl (C=O) groups is 1. The van der Waals surface area contributed by atoms with Crippen molar-refractivity contribution in [1.29, 1.82) is 5.26 Å². The Morgan fingerprint density at radius 1 is 1.16 bits per heavy atom. The molecule has 2 rings (SSSR count). The number of anilines is 1. The zero-order chi connectivity index (χ0) is 19.2. The van der Waals surface area contributed by atoms with E-state index in [0.29, 0.717) is 17.2 Å². The molecule has 2 aromatic rings. The smallest absolute Gasteiger partial charge is 0.298 e. The first-order chi connectivity index (χ1) is 12.0. The summed E-state index contributed by atoms with van der Waals surface area (Å²) in [6, 6.07) is 15.0. The lowest BCUT2D eigenvalue weighted by Gasteiger charge is -2.17. The van der Waals surface area contributed by atoms with Gasteiger partial charge in [-0.2, -0.15) is 5.26 Å². The van der Waals surface area contributed by atoms with E-state index in [2.05, 4.69) is 5.73 Å². The summed E-state index contributed by atoms with van der Waals surface area (Å²) in [6.07, 6.45) is 0. The molecular formula is C19H24ClN3O2. The van der Waals surface area contributed by atoms with Crippen molar-refractivity contribution in [2.45, 2.75) is 13.8 Å².